The van der Waals surface area contributed by atoms with E-state index in [0.717, 1.165) is 17.3 Å². The van der Waals surface area contributed by atoms with Gasteiger partial charge in [0.25, 0.3) is 5.91 Å². The zero-order chi connectivity index (χ0) is 14.3. The zero-order valence-corrected chi connectivity index (χ0v) is 12.6. The maximum atomic E-state index is 13.3. The van der Waals surface area contributed by atoms with Crippen molar-refractivity contribution in [1.82, 2.24) is 4.57 Å². The summed E-state index contributed by atoms with van der Waals surface area (Å²) in [7, 11) is 1.66. The van der Waals surface area contributed by atoms with Crippen molar-refractivity contribution in [3.8, 4) is 0 Å². The smallest absolute Gasteiger partial charge is 0.274 e. The van der Waals surface area contributed by atoms with Crippen LogP contribution in [0.1, 0.15) is 29.4 Å². The summed E-state index contributed by atoms with van der Waals surface area (Å²) in [6, 6.07) is 8.28. The van der Waals surface area contributed by atoms with E-state index in [1.807, 2.05) is 16.8 Å². The van der Waals surface area contributed by atoms with Gasteiger partial charge in [0.15, 0.2) is 0 Å². The minimum absolute atomic E-state index is 0.131. The number of carbonyl (C=O) groups excluding carboxylic acids is 1. The van der Waals surface area contributed by atoms with Crippen molar-refractivity contribution in [3.63, 3.8) is 0 Å². The van der Waals surface area contributed by atoms with Crippen molar-refractivity contribution >= 4 is 27.5 Å². The third-order valence-corrected chi connectivity index (χ3v) is 3.91. The molecular formula is C15H14BrFN2O. The summed E-state index contributed by atoms with van der Waals surface area (Å²) < 4.78 is 16.2. The number of carbonyl (C=O) groups is 1. The molecule has 104 valence electrons. The van der Waals surface area contributed by atoms with Gasteiger partial charge < -0.3 is 9.47 Å². The normalized spacial score (nSPS) is 14.3. The SMILES string of the molecule is CN(C(=O)c1cc(Br)cn1C1CC1)c1cccc(F)c1. The van der Waals surface area contributed by atoms with Crippen molar-refractivity contribution < 1.29 is 9.18 Å². The van der Waals surface area contributed by atoms with Crippen molar-refractivity contribution in [3.05, 3.63) is 52.5 Å². The molecule has 3 nitrogen and oxygen atoms in total. The molecule has 1 aromatic heterocycles. The molecule has 0 bridgehead atoms. The van der Waals surface area contributed by atoms with Crippen LogP contribution in [0.25, 0.3) is 0 Å². The second kappa shape index (κ2) is 5.05. The van der Waals surface area contributed by atoms with Crippen LogP contribution < -0.4 is 4.90 Å². The average Bonchev–Trinajstić information content (AvgIpc) is 3.20. The van der Waals surface area contributed by atoms with Gasteiger partial charge >= 0.3 is 0 Å². The first-order valence-electron chi connectivity index (χ1n) is 6.47. The molecule has 2 aromatic rings. The Morgan fingerprint density at radius 1 is 1.40 bits per heavy atom. The molecule has 1 aromatic carbocycles. The third kappa shape index (κ3) is 2.50. The quantitative estimate of drug-likeness (QED) is 0.831. The van der Waals surface area contributed by atoms with Gasteiger partial charge in [0, 0.05) is 29.4 Å². The number of hydrogen-bond donors (Lipinski definition) is 0. The lowest BCUT2D eigenvalue weighted by Crippen LogP contribution is -2.28. The monoisotopic (exact) mass is 336 g/mol. The summed E-state index contributed by atoms with van der Waals surface area (Å²) in [6.07, 6.45) is 4.14. The summed E-state index contributed by atoms with van der Waals surface area (Å²) in [5, 5.41) is 0. The van der Waals surface area contributed by atoms with Gasteiger partial charge in [0.05, 0.1) is 0 Å². The summed E-state index contributed by atoms with van der Waals surface area (Å²) in [6.45, 7) is 0. The molecule has 3 rings (SSSR count). The lowest BCUT2D eigenvalue weighted by molar-refractivity contribution is 0.0984. The van der Waals surface area contributed by atoms with Gasteiger partial charge in [-0.2, -0.15) is 0 Å². The number of halogens is 2. The highest BCUT2D eigenvalue weighted by Crippen LogP contribution is 2.37. The van der Waals surface area contributed by atoms with Crippen LogP contribution in [0.5, 0.6) is 0 Å². The number of anilines is 1. The van der Waals surface area contributed by atoms with E-state index in [0.29, 0.717) is 17.4 Å². The molecule has 0 spiro atoms. The van der Waals surface area contributed by atoms with E-state index in [-0.39, 0.29) is 11.7 Å². The number of aromatic nitrogens is 1. The van der Waals surface area contributed by atoms with Crippen LogP contribution in [0.3, 0.4) is 0 Å². The Labute approximate surface area is 125 Å². The first-order valence-corrected chi connectivity index (χ1v) is 7.26. The topological polar surface area (TPSA) is 25.2 Å². The number of amides is 1. The minimum atomic E-state index is -0.346. The molecule has 1 amide bonds. The Morgan fingerprint density at radius 2 is 2.15 bits per heavy atom. The van der Waals surface area contributed by atoms with Gasteiger partial charge in [-0.05, 0) is 53.0 Å². The Balaban J connectivity index is 1.92. The van der Waals surface area contributed by atoms with Gasteiger partial charge in [-0.15, -0.1) is 0 Å². The van der Waals surface area contributed by atoms with E-state index in [9.17, 15) is 9.18 Å². The Hall–Kier alpha value is -1.62. The number of benzene rings is 1. The lowest BCUT2D eigenvalue weighted by atomic mass is 10.2. The fourth-order valence-corrected chi connectivity index (χ4v) is 2.68. The largest absolute Gasteiger partial charge is 0.339 e. The van der Waals surface area contributed by atoms with Gasteiger partial charge in [-0.1, -0.05) is 6.07 Å². The predicted octanol–water partition coefficient (Wildman–Crippen LogP) is 4.00. The Bertz CT molecular complexity index is 664. The Kier molecular flexibility index (Phi) is 3.38. The van der Waals surface area contributed by atoms with Crippen LogP contribution in [0.2, 0.25) is 0 Å². The predicted molar refractivity (Wildman–Crippen MR) is 79.5 cm³/mol. The van der Waals surface area contributed by atoms with E-state index < -0.39 is 0 Å². The number of rotatable bonds is 3. The third-order valence-electron chi connectivity index (χ3n) is 3.47. The van der Waals surface area contributed by atoms with E-state index in [1.165, 1.54) is 17.0 Å². The van der Waals surface area contributed by atoms with Crippen LogP contribution in [-0.2, 0) is 0 Å². The molecule has 0 saturated heterocycles. The van der Waals surface area contributed by atoms with E-state index in [1.54, 1.807) is 19.2 Å². The second-order valence-electron chi connectivity index (χ2n) is 5.03. The number of nitrogens with zero attached hydrogens (tertiary/aromatic N) is 2. The van der Waals surface area contributed by atoms with E-state index in [4.69, 9.17) is 0 Å². The summed E-state index contributed by atoms with van der Waals surface area (Å²) in [5.41, 5.74) is 1.18. The van der Waals surface area contributed by atoms with Crippen molar-refractivity contribution in [2.24, 2.45) is 0 Å². The highest BCUT2D eigenvalue weighted by Gasteiger charge is 2.29. The minimum Gasteiger partial charge on any atom is -0.339 e. The van der Waals surface area contributed by atoms with Gasteiger partial charge in [0.1, 0.15) is 11.5 Å². The molecular weight excluding hydrogens is 323 g/mol. The van der Waals surface area contributed by atoms with Gasteiger partial charge in [0.2, 0.25) is 0 Å². The summed E-state index contributed by atoms with van der Waals surface area (Å²) >= 11 is 3.41. The molecule has 1 saturated carbocycles. The molecule has 1 fully saturated rings. The molecule has 1 aliphatic rings. The van der Waals surface area contributed by atoms with Crippen molar-refractivity contribution in [1.29, 1.82) is 0 Å². The molecule has 20 heavy (non-hydrogen) atoms. The molecule has 0 N–H and O–H groups in total. The Morgan fingerprint density at radius 3 is 2.80 bits per heavy atom. The average molecular weight is 337 g/mol. The fourth-order valence-electron chi connectivity index (χ4n) is 2.25. The van der Waals surface area contributed by atoms with Gasteiger partial charge in [-0.3, -0.25) is 4.79 Å². The number of hydrogen-bond acceptors (Lipinski definition) is 1. The van der Waals surface area contributed by atoms with Crippen LogP contribution in [-0.4, -0.2) is 17.5 Å². The molecule has 0 unspecified atom stereocenters. The highest BCUT2D eigenvalue weighted by atomic mass is 79.9. The van der Waals surface area contributed by atoms with Crippen LogP contribution in [0.4, 0.5) is 10.1 Å². The van der Waals surface area contributed by atoms with Crippen LogP contribution in [0, 0.1) is 5.82 Å². The van der Waals surface area contributed by atoms with E-state index in [2.05, 4.69) is 15.9 Å². The molecule has 0 aliphatic heterocycles. The standard InChI is InChI=1S/C15H14BrFN2O/c1-18(13-4-2-3-11(17)8-13)15(20)14-7-10(16)9-19(14)12-5-6-12/h2-4,7-9,12H,5-6H2,1H3. The molecule has 1 aliphatic carbocycles. The maximum Gasteiger partial charge on any atom is 0.274 e. The van der Waals surface area contributed by atoms with Crippen LogP contribution in [0.15, 0.2) is 41.0 Å². The van der Waals surface area contributed by atoms with Crippen molar-refractivity contribution in [2.75, 3.05) is 11.9 Å². The first-order chi connectivity index (χ1) is 9.56. The van der Waals surface area contributed by atoms with Gasteiger partial charge in [-0.25, -0.2) is 4.39 Å². The molecule has 5 heteroatoms. The fraction of sp³-hybridized carbons (Fsp3) is 0.267. The summed E-state index contributed by atoms with van der Waals surface area (Å²) in [4.78, 5) is 14.1. The zero-order valence-electron chi connectivity index (χ0n) is 11.0. The molecule has 0 atom stereocenters. The van der Waals surface area contributed by atoms with Crippen molar-refractivity contribution in [2.45, 2.75) is 18.9 Å². The maximum absolute atomic E-state index is 13.3. The first kappa shape index (κ1) is 13.4. The second-order valence-corrected chi connectivity index (χ2v) is 5.94. The summed E-state index contributed by atoms with van der Waals surface area (Å²) in [5.74, 6) is -0.478. The highest BCUT2D eigenvalue weighted by molar-refractivity contribution is 9.10. The lowest BCUT2D eigenvalue weighted by Gasteiger charge is -2.18. The molecule has 0 radical (unpaired) electrons. The van der Waals surface area contributed by atoms with E-state index >= 15 is 0 Å². The van der Waals surface area contributed by atoms with Crippen LogP contribution >= 0.6 is 15.9 Å². The molecule has 1 heterocycles.